The van der Waals surface area contributed by atoms with Crippen molar-refractivity contribution in [3.8, 4) is 11.5 Å². The summed E-state index contributed by atoms with van der Waals surface area (Å²) < 4.78 is 11.7. The molecule has 1 unspecified atom stereocenters. The Labute approximate surface area is 130 Å². The van der Waals surface area contributed by atoms with Gasteiger partial charge in [0.25, 0.3) is 0 Å². The molecule has 0 saturated heterocycles. The minimum atomic E-state index is 0.00931. The summed E-state index contributed by atoms with van der Waals surface area (Å²) >= 11 is 3.48. The normalized spacial score (nSPS) is 17.8. The third-order valence-corrected chi connectivity index (χ3v) is 4.84. The Balaban J connectivity index is 2.16. The van der Waals surface area contributed by atoms with Gasteiger partial charge in [-0.15, -0.1) is 0 Å². The molecule has 0 bridgehead atoms. The van der Waals surface area contributed by atoms with E-state index in [1.165, 1.54) is 32.1 Å². The molecule has 112 valence electrons. The Kier molecular flexibility index (Phi) is 5.73. The molecule has 0 radical (unpaired) electrons. The molecule has 1 fully saturated rings. The van der Waals surface area contributed by atoms with Crippen LogP contribution >= 0.6 is 15.9 Å². The van der Waals surface area contributed by atoms with Crippen molar-refractivity contribution in [2.24, 2.45) is 11.7 Å². The Hall–Kier alpha value is -0.740. The van der Waals surface area contributed by atoms with Crippen LogP contribution < -0.4 is 15.2 Å². The average Bonchev–Trinajstić information content (AvgIpc) is 2.47. The number of methoxy groups -OCH3 is 2. The number of rotatable bonds is 5. The van der Waals surface area contributed by atoms with Gasteiger partial charge in [-0.05, 0) is 40.4 Å². The molecule has 1 saturated carbocycles. The molecular formula is C16H24BrNO2. The van der Waals surface area contributed by atoms with Crippen LogP contribution in [-0.4, -0.2) is 14.2 Å². The van der Waals surface area contributed by atoms with Crippen molar-refractivity contribution in [2.75, 3.05) is 14.2 Å². The summed E-state index contributed by atoms with van der Waals surface area (Å²) in [6, 6.07) is 3.95. The van der Waals surface area contributed by atoms with Gasteiger partial charge >= 0.3 is 0 Å². The molecule has 1 aromatic rings. The second kappa shape index (κ2) is 7.32. The van der Waals surface area contributed by atoms with Gasteiger partial charge in [-0.25, -0.2) is 0 Å². The second-order valence-corrected chi connectivity index (χ2v) is 6.43. The van der Waals surface area contributed by atoms with Gasteiger partial charge in [0.2, 0.25) is 0 Å². The predicted octanol–water partition coefficient (Wildman–Crippen LogP) is 4.44. The van der Waals surface area contributed by atoms with Crippen LogP contribution in [0.2, 0.25) is 0 Å². The molecule has 1 aliphatic carbocycles. The highest BCUT2D eigenvalue weighted by Gasteiger charge is 2.21. The van der Waals surface area contributed by atoms with Crippen molar-refractivity contribution < 1.29 is 9.47 Å². The van der Waals surface area contributed by atoms with E-state index in [-0.39, 0.29) is 6.04 Å². The first kappa shape index (κ1) is 15.6. The van der Waals surface area contributed by atoms with Gasteiger partial charge in [0, 0.05) is 11.6 Å². The van der Waals surface area contributed by atoms with Crippen LogP contribution in [0.15, 0.2) is 16.6 Å². The van der Waals surface area contributed by atoms with E-state index in [9.17, 15) is 0 Å². The largest absolute Gasteiger partial charge is 0.496 e. The molecule has 2 rings (SSSR count). The Morgan fingerprint density at radius 3 is 2.40 bits per heavy atom. The highest BCUT2D eigenvalue weighted by molar-refractivity contribution is 9.10. The number of benzene rings is 1. The number of nitrogens with two attached hydrogens (primary N) is 1. The minimum absolute atomic E-state index is 0.00931. The fourth-order valence-corrected chi connectivity index (χ4v) is 3.57. The molecule has 0 heterocycles. The van der Waals surface area contributed by atoms with Crippen LogP contribution in [-0.2, 0) is 0 Å². The fraction of sp³-hybridized carbons (Fsp3) is 0.625. The number of halogens is 1. The first-order valence-electron chi connectivity index (χ1n) is 7.32. The molecular weight excluding hydrogens is 318 g/mol. The summed E-state index contributed by atoms with van der Waals surface area (Å²) in [6.45, 7) is 0. The molecule has 0 aromatic heterocycles. The van der Waals surface area contributed by atoms with Crippen molar-refractivity contribution >= 4 is 15.9 Å². The Morgan fingerprint density at radius 2 is 1.80 bits per heavy atom. The lowest BCUT2D eigenvalue weighted by molar-refractivity contribution is 0.314. The zero-order valence-electron chi connectivity index (χ0n) is 12.3. The van der Waals surface area contributed by atoms with Gasteiger partial charge in [0.15, 0.2) is 0 Å². The van der Waals surface area contributed by atoms with E-state index in [0.29, 0.717) is 0 Å². The fourth-order valence-electron chi connectivity index (χ4n) is 3.08. The highest BCUT2D eigenvalue weighted by Crippen LogP contribution is 2.38. The van der Waals surface area contributed by atoms with Crippen LogP contribution in [0.5, 0.6) is 11.5 Å². The van der Waals surface area contributed by atoms with Crippen molar-refractivity contribution in [3.63, 3.8) is 0 Å². The van der Waals surface area contributed by atoms with Gasteiger partial charge in [0.1, 0.15) is 11.5 Å². The van der Waals surface area contributed by atoms with Gasteiger partial charge in [-0.1, -0.05) is 32.1 Å². The predicted molar refractivity (Wildman–Crippen MR) is 85.4 cm³/mol. The average molecular weight is 342 g/mol. The van der Waals surface area contributed by atoms with E-state index in [2.05, 4.69) is 15.9 Å². The summed E-state index contributed by atoms with van der Waals surface area (Å²) in [5.41, 5.74) is 7.46. The quantitative estimate of drug-likeness (QED) is 0.861. The van der Waals surface area contributed by atoms with E-state index < -0.39 is 0 Å². The van der Waals surface area contributed by atoms with Gasteiger partial charge in [-0.2, -0.15) is 0 Å². The summed E-state index contributed by atoms with van der Waals surface area (Å²) in [5.74, 6) is 2.39. The lowest BCUT2D eigenvalue weighted by Gasteiger charge is -2.26. The first-order chi connectivity index (χ1) is 9.65. The molecule has 1 atom stereocenters. The molecule has 2 N–H and O–H groups in total. The number of ether oxygens (including phenoxy) is 2. The monoisotopic (exact) mass is 341 g/mol. The zero-order valence-corrected chi connectivity index (χ0v) is 13.9. The van der Waals surface area contributed by atoms with Crippen LogP contribution in [0.1, 0.15) is 50.1 Å². The Bertz CT molecular complexity index is 444. The van der Waals surface area contributed by atoms with E-state index >= 15 is 0 Å². The lowest BCUT2D eigenvalue weighted by atomic mass is 9.83. The molecule has 1 aliphatic rings. The summed E-state index contributed by atoms with van der Waals surface area (Å²) in [4.78, 5) is 0. The summed E-state index contributed by atoms with van der Waals surface area (Å²) in [5, 5.41) is 0. The molecule has 0 spiro atoms. The lowest BCUT2D eigenvalue weighted by Crippen LogP contribution is -2.18. The van der Waals surface area contributed by atoms with Gasteiger partial charge < -0.3 is 15.2 Å². The molecule has 20 heavy (non-hydrogen) atoms. The van der Waals surface area contributed by atoms with E-state index in [1.54, 1.807) is 14.2 Å². The third-order valence-electron chi connectivity index (χ3n) is 4.22. The topological polar surface area (TPSA) is 44.5 Å². The van der Waals surface area contributed by atoms with Gasteiger partial charge in [0.05, 0.1) is 18.7 Å². The molecule has 1 aromatic carbocycles. The van der Waals surface area contributed by atoms with E-state index in [0.717, 1.165) is 33.9 Å². The second-order valence-electron chi connectivity index (χ2n) is 5.57. The Morgan fingerprint density at radius 1 is 1.15 bits per heavy atom. The van der Waals surface area contributed by atoms with Crippen LogP contribution in [0.3, 0.4) is 0 Å². The molecule has 0 aliphatic heterocycles. The van der Waals surface area contributed by atoms with Crippen LogP contribution in [0, 0.1) is 5.92 Å². The molecule has 3 nitrogen and oxygen atoms in total. The first-order valence-corrected chi connectivity index (χ1v) is 8.12. The number of hydrogen-bond donors (Lipinski definition) is 1. The van der Waals surface area contributed by atoms with Crippen molar-refractivity contribution in [1.29, 1.82) is 0 Å². The van der Waals surface area contributed by atoms with E-state index in [1.807, 2.05) is 12.1 Å². The minimum Gasteiger partial charge on any atom is -0.496 e. The van der Waals surface area contributed by atoms with Crippen molar-refractivity contribution in [3.05, 3.63) is 22.2 Å². The standard InChI is InChI=1S/C16H24BrNO2/c1-19-15-10-13(17)16(20-2)9-12(15)14(18)8-11-6-4-3-5-7-11/h9-11,14H,3-8,18H2,1-2H3. The molecule has 0 amide bonds. The van der Waals surface area contributed by atoms with Crippen LogP contribution in [0.4, 0.5) is 0 Å². The third kappa shape index (κ3) is 3.67. The van der Waals surface area contributed by atoms with Gasteiger partial charge in [-0.3, -0.25) is 0 Å². The summed E-state index contributed by atoms with van der Waals surface area (Å²) in [7, 11) is 3.36. The maximum absolute atomic E-state index is 6.43. The highest BCUT2D eigenvalue weighted by atomic mass is 79.9. The smallest absolute Gasteiger partial charge is 0.133 e. The van der Waals surface area contributed by atoms with Crippen molar-refractivity contribution in [1.82, 2.24) is 0 Å². The maximum Gasteiger partial charge on any atom is 0.133 e. The zero-order chi connectivity index (χ0) is 14.5. The summed E-state index contributed by atoms with van der Waals surface area (Å²) in [6.07, 6.45) is 7.71. The molecule has 4 heteroatoms. The van der Waals surface area contributed by atoms with E-state index in [4.69, 9.17) is 15.2 Å². The SMILES string of the molecule is COc1cc(C(N)CC2CCCCC2)c(OC)cc1Br. The van der Waals surface area contributed by atoms with Crippen LogP contribution in [0.25, 0.3) is 0 Å². The maximum atomic E-state index is 6.43. The van der Waals surface area contributed by atoms with Crippen molar-refractivity contribution in [2.45, 2.75) is 44.6 Å². The number of hydrogen-bond acceptors (Lipinski definition) is 3.